The molecule has 0 saturated carbocycles. The number of para-hydroxylation sites is 1. The molecular weight excluding hydrogens is 308 g/mol. The molecule has 0 bridgehead atoms. The smallest absolute Gasteiger partial charge is 0.269 e. The summed E-state index contributed by atoms with van der Waals surface area (Å²) in [5.74, 6) is 0.764. The van der Waals surface area contributed by atoms with E-state index in [2.05, 4.69) is 4.90 Å². The Bertz CT molecular complexity index is 733. The SMILES string of the molecule is O=[N+]([O-])c1ccc2c(c1)CCCN2Cc1ccccc1OCCO. The van der Waals surface area contributed by atoms with Gasteiger partial charge in [0, 0.05) is 36.5 Å². The highest BCUT2D eigenvalue weighted by Crippen LogP contribution is 2.32. The molecule has 0 aliphatic carbocycles. The van der Waals surface area contributed by atoms with Crippen molar-refractivity contribution in [1.29, 1.82) is 0 Å². The molecule has 0 amide bonds. The topological polar surface area (TPSA) is 75.8 Å². The van der Waals surface area contributed by atoms with Gasteiger partial charge in [0.15, 0.2) is 0 Å². The fourth-order valence-corrected chi connectivity index (χ4v) is 3.08. The summed E-state index contributed by atoms with van der Waals surface area (Å²) in [4.78, 5) is 12.8. The number of aliphatic hydroxyl groups is 1. The van der Waals surface area contributed by atoms with Crippen LogP contribution in [0.1, 0.15) is 17.5 Å². The van der Waals surface area contributed by atoms with Crippen LogP contribution in [0, 0.1) is 10.1 Å². The van der Waals surface area contributed by atoms with Crippen LogP contribution in [-0.4, -0.2) is 29.8 Å². The second-order valence-electron chi connectivity index (χ2n) is 5.78. The second-order valence-corrected chi connectivity index (χ2v) is 5.78. The molecule has 2 aromatic carbocycles. The second kappa shape index (κ2) is 7.31. The molecule has 0 aromatic heterocycles. The number of fused-ring (bicyclic) bond motifs is 1. The zero-order chi connectivity index (χ0) is 16.9. The molecule has 0 fully saturated rings. The largest absolute Gasteiger partial charge is 0.491 e. The van der Waals surface area contributed by atoms with Crippen molar-refractivity contribution in [3.8, 4) is 5.75 Å². The number of ether oxygens (including phenoxy) is 1. The highest BCUT2D eigenvalue weighted by Gasteiger charge is 2.20. The average Bonchev–Trinajstić information content (AvgIpc) is 2.60. The van der Waals surface area contributed by atoms with Gasteiger partial charge in [0.1, 0.15) is 12.4 Å². The summed E-state index contributed by atoms with van der Waals surface area (Å²) < 4.78 is 5.60. The lowest BCUT2D eigenvalue weighted by molar-refractivity contribution is -0.384. The number of hydrogen-bond donors (Lipinski definition) is 1. The van der Waals surface area contributed by atoms with Gasteiger partial charge in [-0.25, -0.2) is 0 Å². The van der Waals surface area contributed by atoms with E-state index in [0.717, 1.165) is 42.0 Å². The Labute approximate surface area is 140 Å². The maximum Gasteiger partial charge on any atom is 0.269 e. The number of hydrogen-bond acceptors (Lipinski definition) is 5. The maximum absolute atomic E-state index is 11.0. The monoisotopic (exact) mass is 328 g/mol. The van der Waals surface area contributed by atoms with Gasteiger partial charge in [-0.2, -0.15) is 0 Å². The highest BCUT2D eigenvalue weighted by atomic mass is 16.6. The third-order valence-corrected chi connectivity index (χ3v) is 4.17. The van der Waals surface area contributed by atoms with Crippen LogP contribution < -0.4 is 9.64 Å². The maximum atomic E-state index is 11.0. The molecule has 1 heterocycles. The van der Waals surface area contributed by atoms with E-state index in [0.29, 0.717) is 6.54 Å². The summed E-state index contributed by atoms with van der Waals surface area (Å²) in [6, 6.07) is 12.8. The molecule has 1 aliphatic heterocycles. The third kappa shape index (κ3) is 3.49. The van der Waals surface area contributed by atoms with Gasteiger partial charge in [0.2, 0.25) is 0 Å². The molecule has 6 heteroatoms. The summed E-state index contributed by atoms with van der Waals surface area (Å²) in [5, 5.41) is 19.9. The first kappa shape index (κ1) is 16.3. The van der Waals surface area contributed by atoms with Crippen molar-refractivity contribution < 1.29 is 14.8 Å². The van der Waals surface area contributed by atoms with E-state index in [1.165, 1.54) is 0 Å². The number of aliphatic hydroxyl groups excluding tert-OH is 1. The molecule has 3 rings (SSSR count). The zero-order valence-electron chi connectivity index (χ0n) is 13.4. The van der Waals surface area contributed by atoms with Crippen molar-refractivity contribution in [2.45, 2.75) is 19.4 Å². The molecule has 126 valence electrons. The summed E-state index contributed by atoms with van der Waals surface area (Å²) in [6.45, 7) is 1.82. The van der Waals surface area contributed by atoms with Gasteiger partial charge in [-0.15, -0.1) is 0 Å². The van der Waals surface area contributed by atoms with Crippen LogP contribution in [0.15, 0.2) is 42.5 Å². The minimum Gasteiger partial charge on any atom is -0.491 e. The molecule has 1 aliphatic rings. The Hall–Kier alpha value is -2.60. The number of aryl methyl sites for hydroxylation is 1. The van der Waals surface area contributed by atoms with Crippen LogP contribution in [0.3, 0.4) is 0 Å². The number of nitro benzene ring substituents is 1. The van der Waals surface area contributed by atoms with Crippen LogP contribution >= 0.6 is 0 Å². The lowest BCUT2D eigenvalue weighted by Gasteiger charge is -2.31. The number of benzene rings is 2. The molecule has 0 atom stereocenters. The summed E-state index contributed by atoms with van der Waals surface area (Å²) in [6.07, 6.45) is 1.82. The van der Waals surface area contributed by atoms with Crippen molar-refractivity contribution in [3.05, 3.63) is 63.7 Å². The van der Waals surface area contributed by atoms with Crippen molar-refractivity contribution in [2.24, 2.45) is 0 Å². The third-order valence-electron chi connectivity index (χ3n) is 4.17. The lowest BCUT2D eigenvalue weighted by atomic mass is 10.00. The van der Waals surface area contributed by atoms with Crippen molar-refractivity contribution >= 4 is 11.4 Å². The van der Waals surface area contributed by atoms with Crippen LogP contribution in [0.25, 0.3) is 0 Å². The molecule has 0 unspecified atom stereocenters. The molecule has 6 nitrogen and oxygen atoms in total. The van der Waals surface area contributed by atoms with E-state index in [4.69, 9.17) is 9.84 Å². The number of anilines is 1. The number of rotatable bonds is 6. The molecule has 0 saturated heterocycles. The summed E-state index contributed by atoms with van der Waals surface area (Å²) in [7, 11) is 0. The molecule has 0 radical (unpaired) electrons. The van der Waals surface area contributed by atoms with Crippen molar-refractivity contribution in [2.75, 3.05) is 24.7 Å². The quantitative estimate of drug-likeness (QED) is 0.652. The lowest BCUT2D eigenvalue weighted by Crippen LogP contribution is -2.29. The Morgan fingerprint density at radius 2 is 2.08 bits per heavy atom. The van der Waals surface area contributed by atoms with Gasteiger partial charge in [-0.05, 0) is 30.5 Å². The minimum absolute atomic E-state index is 0.0233. The van der Waals surface area contributed by atoms with Crippen LogP contribution in [0.5, 0.6) is 5.75 Å². The first-order valence-electron chi connectivity index (χ1n) is 8.03. The van der Waals surface area contributed by atoms with Gasteiger partial charge in [0.25, 0.3) is 5.69 Å². The summed E-state index contributed by atoms with van der Waals surface area (Å²) >= 11 is 0. The molecule has 24 heavy (non-hydrogen) atoms. The van der Waals surface area contributed by atoms with E-state index in [9.17, 15) is 10.1 Å². The Morgan fingerprint density at radius 3 is 2.88 bits per heavy atom. The van der Waals surface area contributed by atoms with E-state index >= 15 is 0 Å². The minimum atomic E-state index is -0.350. The van der Waals surface area contributed by atoms with E-state index in [-0.39, 0.29) is 23.8 Å². The van der Waals surface area contributed by atoms with Crippen LogP contribution in [-0.2, 0) is 13.0 Å². The zero-order valence-corrected chi connectivity index (χ0v) is 13.4. The van der Waals surface area contributed by atoms with Gasteiger partial charge >= 0.3 is 0 Å². The van der Waals surface area contributed by atoms with Gasteiger partial charge in [0.05, 0.1) is 11.5 Å². The van der Waals surface area contributed by atoms with Crippen molar-refractivity contribution in [1.82, 2.24) is 0 Å². The van der Waals surface area contributed by atoms with Gasteiger partial charge in [-0.3, -0.25) is 10.1 Å². The van der Waals surface area contributed by atoms with Crippen molar-refractivity contribution in [3.63, 3.8) is 0 Å². The fourth-order valence-electron chi connectivity index (χ4n) is 3.08. The van der Waals surface area contributed by atoms with Gasteiger partial charge in [-0.1, -0.05) is 18.2 Å². The summed E-state index contributed by atoms with van der Waals surface area (Å²) in [5.41, 5.74) is 3.24. The number of nitro groups is 1. The Kier molecular flexibility index (Phi) is 4.96. The fraction of sp³-hybridized carbons (Fsp3) is 0.333. The molecule has 1 N–H and O–H groups in total. The highest BCUT2D eigenvalue weighted by molar-refractivity contribution is 5.60. The number of nitrogens with zero attached hydrogens (tertiary/aromatic N) is 2. The standard InChI is InChI=1S/C18H20N2O4/c21-10-11-24-18-6-2-1-4-15(18)13-19-9-3-5-14-12-16(20(22)23)7-8-17(14)19/h1-2,4,6-8,12,21H,3,5,9-11,13H2. The Balaban J connectivity index is 1.84. The van der Waals surface area contributed by atoms with Gasteiger partial charge < -0.3 is 14.7 Å². The Morgan fingerprint density at radius 1 is 1.25 bits per heavy atom. The molecule has 0 spiro atoms. The average molecular weight is 328 g/mol. The molecule has 2 aromatic rings. The number of non-ortho nitro benzene ring substituents is 1. The van der Waals surface area contributed by atoms with E-state index in [1.807, 2.05) is 30.3 Å². The molecular formula is C18H20N2O4. The normalized spacial score (nSPS) is 13.5. The van der Waals surface area contributed by atoms with Crippen LogP contribution in [0.4, 0.5) is 11.4 Å². The predicted molar refractivity (Wildman–Crippen MR) is 91.5 cm³/mol. The first-order valence-corrected chi connectivity index (χ1v) is 8.03. The van der Waals surface area contributed by atoms with E-state index in [1.54, 1.807) is 12.1 Å². The van der Waals surface area contributed by atoms with E-state index < -0.39 is 0 Å². The van der Waals surface area contributed by atoms with Crippen LogP contribution in [0.2, 0.25) is 0 Å². The predicted octanol–water partition coefficient (Wildman–Crippen LogP) is 2.92. The first-order chi connectivity index (χ1) is 11.7.